The van der Waals surface area contributed by atoms with E-state index in [1.165, 1.54) is 6.16 Å². The summed E-state index contributed by atoms with van der Waals surface area (Å²) in [5.74, 6) is 0.772. The highest BCUT2D eigenvalue weighted by atomic mass is 35.5. The van der Waals surface area contributed by atoms with E-state index in [0.29, 0.717) is 10.3 Å². The van der Waals surface area contributed by atoms with Crippen LogP contribution in [-0.2, 0) is 0 Å². The van der Waals surface area contributed by atoms with Crippen molar-refractivity contribution in [2.45, 2.75) is 91.1 Å². The average molecular weight is 413 g/mol. The molecule has 0 fully saturated rings. The second-order valence-corrected chi connectivity index (χ2v) is 25.0. The van der Waals surface area contributed by atoms with E-state index < -0.39 is 16.5 Å². The Hall–Kier alpha value is 1.07. The van der Waals surface area contributed by atoms with E-state index in [1.807, 2.05) is 0 Å². The van der Waals surface area contributed by atoms with Gasteiger partial charge in [0.2, 0.25) is 0 Å². The van der Waals surface area contributed by atoms with E-state index in [4.69, 9.17) is 17.3 Å². The molecule has 0 heterocycles. The number of alkyl halides is 1. The maximum Gasteiger partial charge on any atom is 0.112 e. The molecule has 0 aliphatic heterocycles. The Morgan fingerprint density at radius 1 is 0.833 bits per heavy atom. The molecule has 0 radical (unpaired) electrons. The third-order valence-electron chi connectivity index (χ3n) is 3.90. The van der Waals surface area contributed by atoms with Crippen molar-refractivity contribution in [3.05, 3.63) is 0 Å². The number of rotatable bonds is 6. The highest BCUT2D eigenvalue weighted by Crippen LogP contribution is 2.58. The molecular formula is C18H46ClN2PSi2. The van der Waals surface area contributed by atoms with Crippen LogP contribution in [0.3, 0.4) is 0 Å². The van der Waals surface area contributed by atoms with Crippen molar-refractivity contribution < 1.29 is 0 Å². The van der Waals surface area contributed by atoms with Gasteiger partial charge < -0.3 is 9.96 Å². The minimum absolute atomic E-state index is 0.0322. The fourth-order valence-electron chi connectivity index (χ4n) is 3.57. The molecule has 0 aromatic rings. The molecule has 0 aromatic carbocycles. The normalized spacial score (nSPS) is 14.0. The van der Waals surface area contributed by atoms with Crippen LogP contribution in [0, 0.1) is 0 Å². The summed E-state index contributed by atoms with van der Waals surface area (Å²) in [5.41, 5.74) is 5.64. The Balaban J connectivity index is 0. The van der Waals surface area contributed by atoms with Crippen LogP contribution >= 0.6 is 19.5 Å². The fraction of sp³-hybridized carbons (Fsp3) is 1.00. The maximum atomic E-state index is 5.81. The molecule has 0 amide bonds. The van der Waals surface area contributed by atoms with Gasteiger partial charge in [-0.25, -0.2) is 0 Å². The van der Waals surface area contributed by atoms with Gasteiger partial charge in [-0.1, -0.05) is 88.7 Å². The number of nitrogens with zero attached hydrogens (tertiary/aromatic N) is 1. The lowest BCUT2D eigenvalue weighted by atomic mass is 10.2. The molecule has 0 bridgehead atoms. The molecule has 24 heavy (non-hydrogen) atoms. The molecule has 0 saturated heterocycles. The topological polar surface area (TPSA) is 29.3 Å². The van der Waals surface area contributed by atoms with E-state index in [2.05, 4.69) is 85.1 Å². The molecular weight excluding hydrogens is 367 g/mol. The number of halogens is 1. The third kappa shape index (κ3) is 11.6. The van der Waals surface area contributed by atoms with Gasteiger partial charge in [0, 0.05) is 5.88 Å². The molecule has 2 nitrogen and oxygen atoms in total. The van der Waals surface area contributed by atoms with Gasteiger partial charge in [-0.05, 0) is 29.6 Å². The van der Waals surface area contributed by atoms with Gasteiger partial charge in [0.1, 0.15) is 16.5 Å². The number of hydrogen-bond donors (Lipinski definition) is 1. The van der Waals surface area contributed by atoms with Crippen LogP contribution in [-0.4, -0.2) is 56.1 Å². The first-order chi connectivity index (χ1) is 10.4. The molecule has 0 atom stereocenters. The van der Waals surface area contributed by atoms with E-state index >= 15 is 0 Å². The van der Waals surface area contributed by atoms with Crippen LogP contribution in [0.1, 0.15) is 41.5 Å². The van der Waals surface area contributed by atoms with Crippen molar-refractivity contribution in [3.8, 4) is 0 Å². The Kier molecular flexibility index (Phi) is 11.8. The first kappa shape index (κ1) is 27.3. The standard InChI is InChI=1S/C10H24NP.C8H22ClNSi2/c1-9(2,3)12(8-7-11)10(4,5)6;1-11(2,3)10(8-7-9)12(4,5)6/h7-8,11H2,1-6H3;7-8H2,1-6H3. The molecule has 6 heteroatoms. The fourth-order valence-corrected chi connectivity index (χ4v) is 17.2. The number of hydrogen-bond acceptors (Lipinski definition) is 2. The summed E-state index contributed by atoms with van der Waals surface area (Å²) in [4.78, 5) is 0. The van der Waals surface area contributed by atoms with E-state index in [9.17, 15) is 0 Å². The minimum Gasteiger partial charge on any atom is -0.345 e. The summed E-state index contributed by atoms with van der Waals surface area (Å²) in [6, 6.07) is 0. The summed E-state index contributed by atoms with van der Waals surface area (Å²) in [6.07, 6.45) is 1.20. The zero-order chi connectivity index (χ0) is 20.0. The van der Waals surface area contributed by atoms with E-state index in [1.54, 1.807) is 0 Å². The molecule has 0 spiro atoms. The van der Waals surface area contributed by atoms with Gasteiger partial charge in [0.25, 0.3) is 0 Å². The van der Waals surface area contributed by atoms with Gasteiger partial charge >= 0.3 is 0 Å². The Morgan fingerprint density at radius 2 is 1.17 bits per heavy atom. The molecule has 0 aliphatic carbocycles. The smallest absolute Gasteiger partial charge is 0.112 e. The summed E-state index contributed by atoms with van der Waals surface area (Å²) >= 11 is 5.81. The van der Waals surface area contributed by atoms with Crippen molar-refractivity contribution in [2.75, 3.05) is 25.1 Å². The third-order valence-corrected chi connectivity index (χ3v) is 15.7. The molecule has 0 rings (SSSR count). The van der Waals surface area contributed by atoms with Crippen LogP contribution in [0.2, 0.25) is 39.3 Å². The molecule has 0 aliphatic rings. The second kappa shape index (κ2) is 10.4. The molecule has 0 unspecified atom stereocenters. The predicted octanol–water partition coefficient (Wildman–Crippen LogP) is 6.22. The minimum atomic E-state index is -1.13. The van der Waals surface area contributed by atoms with Gasteiger partial charge in [0.15, 0.2) is 0 Å². The van der Waals surface area contributed by atoms with Crippen molar-refractivity contribution in [1.29, 1.82) is 0 Å². The lowest BCUT2D eigenvalue weighted by Gasteiger charge is -2.43. The summed E-state index contributed by atoms with van der Waals surface area (Å²) in [7, 11) is -2.23. The van der Waals surface area contributed by atoms with Crippen molar-refractivity contribution in [2.24, 2.45) is 5.73 Å². The van der Waals surface area contributed by atoms with Gasteiger partial charge in [-0.15, -0.1) is 11.6 Å². The second-order valence-electron chi connectivity index (χ2n) is 10.5. The largest absolute Gasteiger partial charge is 0.345 e. The number of nitrogens with two attached hydrogens (primary N) is 1. The molecule has 148 valence electrons. The molecule has 0 saturated carbocycles. The first-order valence-electron chi connectivity index (χ1n) is 9.20. The summed E-state index contributed by atoms with van der Waals surface area (Å²) in [5, 5.41) is 0.875. The summed E-state index contributed by atoms with van der Waals surface area (Å²) < 4.78 is 2.70. The van der Waals surface area contributed by atoms with Crippen LogP contribution < -0.4 is 5.73 Å². The lowest BCUT2D eigenvalue weighted by Crippen LogP contribution is -2.59. The quantitative estimate of drug-likeness (QED) is 0.318. The van der Waals surface area contributed by atoms with E-state index in [-0.39, 0.29) is 7.92 Å². The van der Waals surface area contributed by atoms with Gasteiger partial charge in [0.05, 0.1) is 0 Å². The van der Waals surface area contributed by atoms with Crippen molar-refractivity contribution in [1.82, 2.24) is 4.23 Å². The first-order valence-corrected chi connectivity index (χ1v) is 18.2. The Bertz CT molecular complexity index is 277. The van der Waals surface area contributed by atoms with Crippen LogP contribution in [0.4, 0.5) is 0 Å². The lowest BCUT2D eigenvalue weighted by molar-refractivity contribution is 0.655. The van der Waals surface area contributed by atoms with Crippen LogP contribution in [0.25, 0.3) is 0 Å². The Labute approximate surface area is 162 Å². The van der Waals surface area contributed by atoms with Crippen molar-refractivity contribution in [3.63, 3.8) is 0 Å². The van der Waals surface area contributed by atoms with Crippen LogP contribution in [0.5, 0.6) is 0 Å². The summed E-state index contributed by atoms with van der Waals surface area (Å²) in [6.45, 7) is 30.3. The van der Waals surface area contributed by atoms with Crippen molar-refractivity contribution >= 4 is 36.0 Å². The average Bonchev–Trinajstić information content (AvgIpc) is 2.28. The predicted molar refractivity (Wildman–Crippen MR) is 124 cm³/mol. The SMILES string of the molecule is CC(C)(C)P(CCN)C(C)(C)C.C[Si](C)(C)N(CCCl)[Si](C)(C)C. The zero-order valence-electron chi connectivity index (χ0n) is 18.7. The van der Waals surface area contributed by atoms with Crippen LogP contribution in [0.15, 0.2) is 0 Å². The van der Waals surface area contributed by atoms with E-state index in [0.717, 1.165) is 19.0 Å². The zero-order valence-corrected chi connectivity index (χ0v) is 22.3. The van der Waals surface area contributed by atoms with Gasteiger partial charge in [-0.2, -0.15) is 0 Å². The molecule has 2 N–H and O–H groups in total. The highest BCUT2D eigenvalue weighted by molar-refractivity contribution is 7.60. The monoisotopic (exact) mass is 412 g/mol. The Morgan fingerprint density at radius 3 is 1.25 bits per heavy atom. The highest BCUT2D eigenvalue weighted by Gasteiger charge is 2.34. The molecule has 0 aromatic heterocycles. The van der Waals surface area contributed by atoms with Gasteiger partial charge in [-0.3, -0.25) is 0 Å². The maximum absolute atomic E-state index is 5.81.